The zero-order valence-electron chi connectivity index (χ0n) is 7.92. The van der Waals surface area contributed by atoms with Crippen LogP contribution < -0.4 is 4.74 Å². The Hall–Kier alpha value is -0.290. The topological polar surface area (TPSA) is 32.7 Å². The first-order valence-corrected chi connectivity index (χ1v) is 5.13. The van der Waals surface area contributed by atoms with Crippen molar-refractivity contribution in [3.63, 3.8) is 0 Å². The maximum atomic E-state index is 9.10. The molecule has 0 bridgehead atoms. The van der Waals surface area contributed by atoms with Crippen LogP contribution in [-0.4, -0.2) is 24.4 Å². The van der Waals surface area contributed by atoms with Crippen molar-refractivity contribution < 1.29 is 9.94 Å². The molecule has 1 N–H and O–H groups in total. The summed E-state index contributed by atoms with van der Waals surface area (Å²) < 4.78 is 5.92. The third kappa shape index (κ3) is 2.85. The summed E-state index contributed by atoms with van der Waals surface area (Å²) in [6.45, 7) is 0.411. The molecular weight excluding hydrogens is 269 g/mol. The molecule has 1 rings (SSSR count). The molecule has 0 aromatic heterocycles. The van der Waals surface area contributed by atoms with E-state index in [9.17, 15) is 0 Å². The summed E-state index contributed by atoms with van der Waals surface area (Å²) in [7, 11) is 3.13. The van der Waals surface area contributed by atoms with E-state index in [2.05, 4.69) is 15.9 Å². The van der Waals surface area contributed by atoms with Gasteiger partial charge in [-0.2, -0.15) is 5.06 Å². The minimum Gasteiger partial charge on any atom is -0.495 e. The van der Waals surface area contributed by atoms with E-state index in [0.717, 1.165) is 15.1 Å². The van der Waals surface area contributed by atoms with Crippen LogP contribution in [0, 0.1) is 0 Å². The van der Waals surface area contributed by atoms with Gasteiger partial charge in [0.25, 0.3) is 0 Å². The summed E-state index contributed by atoms with van der Waals surface area (Å²) in [5.41, 5.74) is 0.913. The van der Waals surface area contributed by atoms with Crippen molar-refractivity contribution in [2.45, 2.75) is 6.54 Å². The minimum atomic E-state index is 0.411. The number of hydrogen-bond acceptors (Lipinski definition) is 3. The normalized spacial score (nSPS) is 10.7. The summed E-state index contributed by atoms with van der Waals surface area (Å²) >= 11 is 9.27. The monoisotopic (exact) mass is 279 g/mol. The molecule has 1 aromatic carbocycles. The number of halogens is 2. The summed E-state index contributed by atoms with van der Waals surface area (Å²) in [6, 6.07) is 3.54. The van der Waals surface area contributed by atoms with Gasteiger partial charge in [-0.05, 0) is 17.7 Å². The quantitative estimate of drug-likeness (QED) is 0.864. The van der Waals surface area contributed by atoms with Crippen LogP contribution in [0.5, 0.6) is 5.75 Å². The standard InChI is InChI=1S/C9H11BrClNO2/c1-12(13)5-6-3-9(14-2)8(11)4-7(6)10/h3-4,13H,5H2,1-2H3. The summed E-state index contributed by atoms with van der Waals surface area (Å²) in [5.74, 6) is 0.603. The van der Waals surface area contributed by atoms with Gasteiger partial charge in [-0.1, -0.05) is 27.5 Å². The van der Waals surface area contributed by atoms with Crippen molar-refractivity contribution in [2.24, 2.45) is 0 Å². The molecule has 5 heteroatoms. The van der Waals surface area contributed by atoms with E-state index < -0.39 is 0 Å². The SMILES string of the molecule is COc1cc(CN(C)O)c(Br)cc1Cl. The van der Waals surface area contributed by atoms with Gasteiger partial charge in [-0.25, -0.2) is 0 Å². The summed E-state index contributed by atoms with van der Waals surface area (Å²) in [6.07, 6.45) is 0. The first-order chi connectivity index (χ1) is 6.54. The lowest BCUT2D eigenvalue weighted by molar-refractivity contribution is -0.0733. The van der Waals surface area contributed by atoms with Crippen molar-refractivity contribution in [2.75, 3.05) is 14.2 Å². The average Bonchev–Trinajstić information content (AvgIpc) is 2.09. The minimum absolute atomic E-state index is 0.411. The molecule has 14 heavy (non-hydrogen) atoms. The van der Waals surface area contributed by atoms with Crippen molar-refractivity contribution in [3.05, 3.63) is 27.2 Å². The predicted molar refractivity (Wildman–Crippen MR) is 59.0 cm³/mol. The van der Waals surface area contributed by atoms with Crippen LogP contribution in [0.4, 0.5) is 0 Å². The van der Waals surface area contributed by atoms with Crippen LogP contribution in [-0.2, 0) is 6.54 Å². The van der Waals surface area contributed by atoms with E-state index in [4.69, 9.17) is 21.5 Å². The first-order valence-electron chi connectivity index (χ1n) is 3.96. The van der Waals surface area contributed by atoms with Crippen LogP contribution in [0.25, 0.3) is 0 Å². The molecule has 78 valence electrons. The lowest BCUT2D eigenvalue weighted by atomic mass is 10.2. The lowest BCUT2D eigenvalue weighted by Crippen LogP contribution is -2.12. The highest BCUT2D eigenvalue weighted by atomic mass is 79.9. The molecule has 0 aliphatic rings. The molecular formula is C9H11BrClNO2. The number of ether oxygens (including phenoxy) is 1. The Labute approximate surface area is 96.3 Å². The van der Waals surface area contributed by atoms with Crippen LogP contribution in [0.3, 0.4) is 0 Å². The molecule has 0 radical (unpaired) electrons. The fraction of sp³-hybridized carbons (Fsp3) is 0.333. The van der Waals surface area contributed by atoms with E-state index in [0.29, 0.717) is 17.3 Å². The second kappa shape index (κ2) is 4.98. The molecule has 0 fully saturated rings. The number of hydroxylamine groups is 2. The number of rotatable bonds is 3. The highest BCUT2D eigenvalue weighted by Crippen LogP contribution is 2.31. The smallest absolute Gasteiger partial charge is 0.137 e. The molecule has 0 unspecified atom stereocenters. The van der Waals surface area contributed by atoms with E-state index in [-0.39, 0.29) is 0 Å². The fourth-order valence-corrected chi connectivity index (χ4v) is 1.94. The van der Waals surface area contributed by atoms with Gasteiger partial charge in [-0.3, -0.25) is 0 Å². The Morgan fingerprint density at radius 2 is 2.21 bits per heavy atom. The number of nitrogens with zero attached hydrogens (tertiary/aromatic N) is 1. The molecule has 0 saturated carbocycles. The zero-order chi connectivity index (χ0) is 10.7. The van der Waals surface area contributed by atoms with Gasteiger partial charge < -0.3 is 9.94 Å². The molecule has 0 heterocycles. The van der Waals surface area contributed by atoms with Crippen LogP contribution in [0.1, 0.15) is 5.56 Å². The Morgan fingerprint density at radius 1 is 1.57 bits per heavy atom. The van der Waals surface area contributed by atoms with Gasteiger partial charge in [0.1, 0.15) is 5.75 Å². The van der Waals surface area contributed by atoms with E-state index >= 15 is 0 Å². The van der Waals surface area contributed by atoms with E-state index in [1.165, 1.54) is 0 Å². The summed E-state index contributed by atoms with van der Waals surface area (Å²) in [4.78, 5) is 0. The van der Waals surface area contributed by atoms with Gasteiger partial charge in [-0.15, -0.1) is 0 Å². The fourth-order valence-electron chi connectivity index (χ4n) is 1.10. The molecule has 3 nitrogen and oxygen atoms in total. The van der Waals surface area contributed by atoms with Gasteiger partial charge in [0, 0.05) is 18.1 Å². The third-order valence-electron chi connectivity index (χ3n) is 1.72. The Kier molecular flexibility index (Phi) is 4.19. The van der Waals surface area contributed by atoms with Crippen LogP contribution >= 0.6 is 27.5 Å². The molecule has 0 spiro atoms. The summed E-state index contributed by atoms with van der Waals surface area (Å²) in [5, 5.41) is 10.7. The maximum Gasteiger partial charge on any atom is 0.137 e. The predicted octanol–water partition coefficient (Wildman–Crippen LogP) is 2.93. The van der Waals surface area contributed by atoms with Gasteiger partial charge in [0.15, 0.2) is 0 Å². The maximum absolute atomic E-state index is 9.10. The molecule has 0 aliphatic heterocycles. The largest absolute Gasteiger partial charge is 0.495 e. The van der Waals surface area contributed by atoms with E-state index in [1.54, 1.807) is 26.3 Å². The number of hydrogen-bond donors (Lipinski definition) is 1. The second-order valence-electron chi connectivity index (χ2n) is 2.89. The van der Waals surface area contributed by atoms with E-state index in [1.807, 2.05) is 0 Å². The molecule has 0 saturated heterocycles. The van der Waals surface area contributed by atoms with Gasteiger partial charge >= 0.3 is 0 Å². The molecule has 0 amide bonds. The average molecular weight is 281 g/mol. The molecule has 0 aliphatic carbocycles. The Balaban J connectivity index is 3.04. The van der Waals surface area contributed by atoms with Gasteiger partial charge in [0.2, 0.25) is 0 Å². The molecule has 1 aromatic rings. The van der Waals surface area contributed by atoms with Crippen molar-refractivity contribution in [1.29, 1.82) is 0 Å². The van der Waals surface area contributed by atoms with Crippen molar-refractivity contribution >= 4 is 27.5 Å². The highest BCUT2D eigenvalue weighted by Gasteiger charge is 2.08. The van der Waals surface area contributed by atoms with Crippen LogP contribution in [0.15, 0.2) is 16.6 Å². The third-order valence-corrected chi connectivity index (χ3v) is 2.75. The zero-order valence-corrected chi connectivity index (χ0v) is 10.3. The highest BCUT2D eigenvalue weighted by molar-refractivity contribution is 9.10. The van der Waals surface area contributed by atoms with Gasteiger partial charge in [0.05, 0.1) is 12.1 Å². The second-order valence-corrected chi connectivity index (χ2v) is 4.16. The van der Waals surface area contributed by atoms with Crippen LogP contribution in [0.2, 0.25) is 5.02 Å². The number of methoxy groups -OCH3 is 1. The first kappa shape index (κ1) is 11.8. The van der Waals surface area contributed by atoms with Crippen molar-refractivity contribution in [1.82, 2.24) is 5.06 Å². The molecule has 0 atom stereocenters. The number of benzene rings is 1. The Bertz CT molecular complexity index is 331. The van der Waals surface area contributed by atoms with Crippen molar-refractivity contribution in [3.8, 4) is 5.75 Å². The Morgan fingerprint density at radius 3 is 2.71 bits per heavy atom. The lowest BCUT2D eigenvalue weighted by Gasteiger charge is -2.12.